The van der Waals surface area contributed by atoms with Gasteiger partial charge in [-0.1, -0.05) is 12.1 Å². The predicted octanol–water partition coefficient (Wildman–Crippen LogP) is 2.76. The average molecular weight is 371 g/mol. The molecule has 1 aromatic heterocycles. The van der Waals surface area contributed by atoms with Gasteiger partial charge >= 0.3 is 5.97 Å². The number of amides is 1. The molecule has 0 unspecified atom stereocenters. The summed E-state index contributed by atoms with van der Waals surface area (Å²) in [6.45, 7) is 0. The highest BCUT2D eigenvalue weighted by Crippen LogP contribution is 2.19. The summed E-state index contributed by atoms with van der Waals surface area (Å²) < 4.78 is 5.92. The predicted molar refractivity (Wildman–Crippen MR) is 77.2 cm³/mol. The van der Waals surface area contributed by atoms with Crippen molar-refractivity contribution in [2.24, 2.45) is 0 Å². The number of furan rings is 1. The molecular formula is C13H10INO4. The van der Waals surface area contributed by atoms with Crippen molar-refractivity contribution >= 4 is 40.2 Å². The molecule has 2 N–H and O–H groups in total. The van der Waals surface area contributed by atoms with E-state index in [1.807, 2.05) is 18.2 Å². The molecule has 0 aliphatic heterocycles. The van der Waals surface area contributed by atoms with Crippen LogP contribution < -0.4 is 5.32 Å². The van der Waals surface area contributed by atoms with Crippen LogP contribution in [0.4, 0.5) is 5.69 Å². The minimum atomic E-state index is -1.04. The summed E-state index contributed by atoms with van der Waals surface area (Å²) in [6.07, 6.45) is 0.991. The normalized spacial score (nSPS) is 10.2. The number of rotatable bonds is 4. The molecule has 0 saturated carbocycles. The zero-order valence-corrected chi connectivity index (χ0v) is 11.9. The number of hydrogen-bond donors (Lipinski definition) is 2. The molecule has 98 valence electrons. The Hall–Kier alpha value is -1.83. The van der Waals surface area contributed by atoms with Crippen LogP contribution in [0.5, 0.6) is 0 Å². The number of para-hydroxylation sites is 1. The van der Waals surface area contributed by atoms with Gasteiger partial charge in [0.05, 0.1) is 17.5 Å². The van der Waals surface area contributed by atoms with E-state index in [1.165, 1.54) is 12.3 Å². The number of carbonyl (C=O) groups excluding carboxylic acids is 1. The smallest absolute Gasteiger partial charge is 0.311 e. The van der Waals surface area contributed by atoms with Crippen molar-refractivity contribution in [1.29, 1.82) is 0 Å². The molecule has 0 fully saturated rings. The van der Waals surface area contributed by atoms with Crippen LogP contribution in [0.15, 0.2) is 41.0 Å². The zero-order valence-electron chi connectivity index (χ0n) is 9.72. The van der Waals surface area contributed by atoms with E-state index in [0.29, 0.717) is 5.69 Å². The maximum atomic E-state index is 12.1. The first-order chi connectivity index (χ1) is 9.08. The fourth-order valence-electron chi connectivity index (χ4n) is 1.57. The van der Waals surface area contributed by atoms with Gasteiger partial charge in [-0.15, -0.1) is 0 Å². The third-order valence-electron chi connectivity index (χ3n) is 2.42. The van der Waals surface area contributed by atoms with E-state index >= 15 is 0 Å². The SMILES string of the molecule is O=C(O)Cc1occc1C(=O)Nc1ccccc1I. The number of benzene rings is 1. The van der Waals surface area contributed by atoms with Gasteiger partial charge in [0, 0.05) is 3.57 Å². The van der Waals surface area contributed by atoms with E-state index in [2.05, 4.69) is 27.9 Å². The second kappa shape index (κ2) is 5.87. The number of hydrogen-bond acceptors (Lipinski definition) is 3. The molecular weight excluding hydrogens is 361 g/mol. The van der Waals surface area contributed by atoms with Crippen LogP contribution in [0.3, 0.4) is 0 Å². The first kappa shape index (κ1) is 13.6. The monoisotopic (exact) mass is 371 g/mol. The number of carboxylic acids is 1. The number of nitrogens with one attached hydrogen (secondary N) is 1. The first-order valence-corrected chi connectivity index (χ1v) is 6.50. The number of halogens is 1. The summed E-state index contributed by atoms with van der Waals surface area (Å²) >= 11 is 2.11. The molecule has 19 heavy (non-hydrogen) atoms. The average Bonchev–Trinajstić information content (AvgIpc) is 2.79. The Morgan fingerprint density at radius 2 is 2.00 bits per heavy atom. The van der Waals surface area contributed by atoms with E-state index in [1.54, 1.807) is 6.07 Å². The quantitative estimate of drug-likeness (QED) is 0.811. The third kappa shape index (κ3) is 3.34. The van der Waals surface area contributed by atoms with E-state index in [9.17, 15) is 9.59 Å². The molecule has 1 heterocycles. The third-order valence-corrected chi connectivity index (χ3v) is 3.36. The van der Waals surface area contributed by atoms with Gasteiger partial charge in [-0.2, -0.15) is 0 Å². The fraction of sp³-hybridized carbons (Fsp3) is 0.0769. The summed E-state index contributed by atoms with van der Waals surface area (Å²) in [5.74, 6) is -1.27. The van der Waals surface area contributed by atoms with Crippen LogP contribution >= 0.6 is 22.6 Å². The van der Waals surface area contributed by atoms with Crippen molar-refractivity contribution in [3.05, 3.63) is 51.5 Å². The van der Waals surface area contributed by atoms with E-state index in [0.717, 1.165) is 3.57 Å². The lowest BCUT2D eigenvalue weighted by molar-refractivity contribution is -0.136. The molecule has 6 heteroatoms. The minimum absolute atomic E-state index is 0.149. The van der Waals surface area contributed by atoms with Gasteiger partial charge in [0.15, 0.2) is 0 Å². The summed E-state index contributed by atoms with van der Waals surface area (Å²) in [5, 5.41) is 11.5. The highest BCUT2D eigenvalue weighted by atomic mass is 127. The largest absolute Gasteiger partial charge is 0.481 e. The van der Waals surface area contributed by atoms with E-state index < -0.39 is 5.97 Å². The lowest BCUT2D eigenvalue weighted by Crippen LogP contribution is -2.15. The Balaban J connectivity index is 2.19. The second-order valence-corrected chi connectivity index (χ2v) is 4.92. The molecule has 5 nitrogen and oxygen atoms in total. The lowest BCUT2D eigenvalue weighted by atomic mass is 10.2. The number of carbonyl (C=O) groups is 2. The molecule has 0 atom stereocenters. The molecule has 0 aliphatic carbocycles. The first-order valence-electron chi connectivity index (χ1n) is 5.42. The molecule has 2 rings (SSSR count). The van der Waals surface area contributed by atoms with Gasteiger partial charge in [0.1, 0.15) is 12.2 Å². The Kier molecular flexibility index (Phi) is 4.20. The second-order valence-electron chi connectivity index (χ2n) is 3.76. The van der Waals surface area contributed by atoms with Gasteiger partial charge in [0.2, 0.25) is 0 Å². The van der Waals surface area contributed by atoms with E-state index in [-0.39, 0.29) is 23.7 Å². The van der Waals surface area contributed by atoms with Crippen LogP contribution in [0.2, 0.25) is 0 Å². The lowest BCUT2D eigenvalue weighted by Gasteiger charge is -2.06. The van der Waals surface area contributed by atoms with Crippen LogP contribution in [0.25, 0.3) is 0 Å². The fourth-order valence-corrected chi connectivity index (χ4v) is 2.09. The summed E-state index contributed by atoms with van der Waals surface area (Å²) in [7, 11) is 0. The van der Waals surface area contributed by atoms with Gasteiger partial charge in [-0.25, -0.2) is 0 Å². The van der Waals surface area contributed by atoms with Crippen molar-refractivity contribution in [2.75, 3.05) is 5.32 Å². The van der Waals surface area contributed by atoms with Gasteiger partial charge in [-0.3, -0.25) is 9.59 Å². The van der Waals surface area contributed by atoms with Gasteiger partial charge in [0.25, 0.3) is 5.91 Å². The van der Waals surface area contributed by atoms with Crippen molar-refractivity contribution in [2.45, 2.75) is 6.42 Å². The van der Waals surface area contributed by atoms with Crippen LogP contribution in [0, 0.1) is 3.57 Å². The topological polar surface area (TPSA) is 79.5 Å². The Morgan fingerprint density at radius 1 is 1.26 bits per heavy atom. The standard InChI is InChI=1S/C13H10INO4/c14-9-3-1-2-4-10(9)15-13(18)8-5-6-19-11(8)7-12(16)17/h1-6H,7H2,(H,15,18)(H,16,17). The number of carboxylic acid groups (broad SMARTS) is 1. The van der Waals surface area contributed by atoms with Crippen molar-refractivity contribution in [3.63, 3.8) is 0 Å². The zero-order chi connectivity index (χ0) is 13.8. The highest BCUT2D eigenvalue weighted by molar-refractivity contribution is 14.1. The summed E-state index contributed by atoms with van der Waals surface area (Å²) in [4.78, 5) is 22.7. The van der Waals surface area contributed by atoms with Gasteiger partial charge < -0.3 is 14.8 Å². The molecule has 1 amide bonds. The van der Waals surface area contributed by atoms with Crippen LogP contribution in [-0.4, -0.2) is 17.0 Å². The molecule has 2 aromatic rings. The van der Waals surface area contributed by atoms with Gasteiger partial charge in [-0.05, 0) is 40.8 Å². The summed E-state index contributed by atoms with van der Waals surface area (Å²) in [6, 6.07) is 8.78. The molecule has 0 radical (unpaired) electrons. The maximum absolute atomic E-state index is 12.1. The Bertz CT molecular complexity index is 621. The molecule has 1 aromatic carbocycles. The van der Waals surface area contributed by atoms with Crippen LogP contribution in [0.1, 0.15) is 16.1 Å². The number of aliphatic carboxylic acids is 1. The minimum Gasteiger partial charge on any atom is -0.481 e. The molecule has 0 saturated heterocycles. The Morgan fingerprint density at radius 3 is 2.68 bits per heavy atom. The summed E-state index contributed by atoms with van der Waals surface area (Å²) in [5.41, 5.74) is 0.914. The van der Waals surface area contributed by atoms with Crippen LogP contribution in [-0.2, 0) is 11.2 Å². The van der Waals surface area contributed by atoms with Crippen molar-refractivity contribution < 1.29 is 19.1 Å². The highest BCUT2D eigenvalue weighted by Gasteiger charge is 2.17. The molecule has 0 spiro atoms. The maximum Gasteiger partial charge on any atom is 0.311 e. The van der Waals surface area contributed by atoms with Crippen molar-refractivity contribution in [1.82, 2.24) is 0 Å². The number of anilines is 1. The molecule has 0 aliphatic rings. The molecule has 0 bridgehead atoms. The van der Waals surface area contributed by atoms with Crippen molar-refractivity contribution in [3.8, 4) is 0 Å². The van der Waals surface area contributed by atoms with E-state index in [4.69, 9.17) is 9.52 Å². The Labute approximate surface area is 122 Å².